The van der Waals surface area contributed by atoms with Gasteiger partial charge in [-0.05, 0) is 18.2 Å². The fraction of sp³-hybridized carbons (Fsp3) is 0. The molecule has 16 heavy (non-hydrogen) atoms. The third-order valence-corrected chi connectivity index (χ3v) is 2.11. The zero-order chi connectivity index (χ0) is 12.1. The van der Waals surface area contributed by atoms with Crippen LogP contribution in [0.4, 0.5) is 0 Å². The largest absolute Gasteiger partial charge is 0.369 e. The lowest BCUT2D eigenvalue weighted by Gasteiger charge is -2.00. The molecular formula is C9H7Cl2N5. The van der Waals surface area contributed by atoms with Gasteiger partial charge in [-0.1, -0.05) is 23.2 Å². The van der Waals surface area contributed by atoms with Gasteiger partial charge in [0.05, 0.1) is 5.02 Å². The van der Waals surface area contributed by atoms with Crippen LogP contribution in [-0.2, 0) is 0 Å². The topological polar surface area (TPSA) is 101 Å². The number of hydrogen-bond acceptors (Lipinski definition) is 3. The van der Waals surface area contributed by atoms with Crippen molar-refractivity contribution in [1.29, 1.82) is 5.26 Å². The molecule has 0 unspecified atom stereocenters. The Balaban J connectivity index is 3.21. The minimum absolute atomic E-state index is 0.00932. The fourth-order valence-electron chi connectivity index (χ4n) is 0.926. The molecule has 7 heteroatoms. The number of halogens is 2. The minimum atomic E-state index is -0.238. The maximum Gasteiger partial charge on any atom is 0.211 e. The van der Waals surface area contributed by atoms with E-state index in [2.05, 4.69) is 10.2 Å². The summed E-state index contributed by atoms with van der Waals surface area (Å²) in [6.45, 7) is 0. The van der Waals surface area contributed by atoms with Gasteiger partial charge in [-0.3, -0.25) is 0 Å². The van der Waals surface area contributed by atoms with Gasteiger partial charge < -0.3 is 11.5 Å². The number of guanidine groups is 1. The summed E-state index contributed by atoms with van der Waals surface area (Å²) in [5, 5.41) is 16.6. The second-order valence-corrected chi connectivity index (χ2v) is 3.55. The molecule has 0 heterocycles. The summed E-state index contributed by atoms with van der Waals surface area (Å²) in [4.78, 5) is 0. The summed E-state index contributed by atoms with van der Waals surface area (Å²) in [7, 11) is 0. The first-order chi connectivity index (χ1) is 7.54. The maximum atomic E-state index is 8.86. The van der Waals surface area contributed by atoms with Crippen molar-refractivity contribution in [2.75, 3.05) is 0 Å². The lowest BCUT2D eigenvalue weighted by atomic mass is 10.1. The van der Waals surface area contributed by atoms with Crippen LogP contribution >= 0.6 is 23.2 Å². The van der Waals surface area contributed by atoms with Crippen molar-refractivity contribution in [2.45, 2.75) is 0 Å². The number of nitrogens with two attached hydrogens (primary N) is 2. The summed E-state index contributed by atoms with van der Waals surface area (Å²) in [6, 6.07) is 6.49. The van der Waals surface area contributed by atoms with Gasteiger partial charge in [0.15, 0.2) is 5.71 Å². The van der Waals surface area contributed by atoms with E-state index in [1.165, 1.54) is 6.07 Å². The molecule has 0 aliphatic heterocycles. The van der Waals surface area contributed by atoms with Crippen LogP contribution in [0, 0.1) is 11.3 Å². The van der Waals surface area contributed by atoms with E-state index in [4.69, 9.17) is 39.9 Å². The highest BCUT2D eigenvalue weighted by atomic mass is 35.5. The van der Waals surface area contributed by atoms with Crippen molar-refractivity contribution < 1.29 is 0 Å². The van der Waals surface area contributed by atoms with Crippen LogP contribution in [0.15, 0.2) is 28.4 Å². The first kappa shape index (κ1) is 12.3. The molecule has 0 saturated heterocycles. The maximum absolute atomic E-state index is 8.86. The molecule has 0 saturated carbocycles. The van der Waals surface area contributed by atoms with Gasteiger partial charge in [-0.15, -0.1) is 10.2 Å². The molecule has 0 aliphatic rings. The predicted molar refractivity (Wildman–Crippen MR) is 64.4 cm³/mol. The Morgan fingerprint density at radius 2 is 1.94 bits per heavy atom. The van der Waals surface area contributed by atoms with Crippen molar-refractivity contribution in [3.63, 3.8) is 0 Å². The zero-order valence-electron chi connectivity index (χ0n) is 7.98. The first-order valence-corrected chi connectivity index (χ1v) is 4.82. The third-order valence-electron chi connectivity index (χ3n) is 1.56. The molecule has 0 fully saturated rings. The quantitative estimate of drug-likeness (QED) is 0.476. The number of benzene rings is 1. The average molecular weight is 256 g/mol. The average Bonchev–Trinajstić information content (AvgIpc) is 2.21. The van der Waals surface area contributed by atoms with Gasteiger partial charge in [0, 0.05) is 10.6 Å². The van der Waals surface area contributed by atoms with Crippen molar-refractivity contribution in [3.05, 3.63) is 33.8 Å². The Morgan fingerprint density at radius 1 is 1.25 bits per heavy atom. The second-order valence-electron chi connectivity index (χ2n) is 2.71. The molecule has 1 aromatic carbocycles. The summed E-state index contributed by atoms with van der Waals surface area (Å²) < 4.78 is 0. The summed E-state index contributed by atoms with van der Waals surface area (Å²) >= 11 is 11.6. The second kappa shape index (κ2) is 5.35. The Bertz CT molecular complexity index is 497. The normalized spacial score (nSPS) is 10.7. The molecule has 0 bridgehead atoms. The summed E-state index contributed by atoms with van der Waals surface area (Å²) in [5.74, 6) is -0.238. The van der Waals surface area contributed by atoms with Crippen molar-refractivity contribution >= 4 is 34.9 Å². The highest BCUT2D eigenvalue weighted by molar-refractivity contribution is 6.37. The van der Waals surface area contributed by atoms with Gasteiger partial charge in [-0.2, -0.15) is 5.26 Å². The molecule has 0 aliphatic carbocycles. The van der Waals surface area contributed by atoms with Gasteiger partial charge in [0.2, 0.25) is 5.96 Å². The molecule has 82 valence electrons. The molecular weight excluding hydrogens is 249 g/mol. The van der Waals surface area contributed by atoms with E-state index in [1.807, 2.05) is 6.07 Å². The van der Waals surface area contributed by atoms with E-state index in [-0.39, 0.29) is 11.7 Å². The third kappa shape index (κ3) is 3.12. The van der Waals surface area contributed by atoms with Crippen molar-refractivity contribution in [1.82, 2.24) is 0 Å². The molecule has 0 atom stereocenters. The zero-order valence-corrected chi connectivity index (χ0v) is 9.50. The molecule has 4 N–H and O–H groups in total. The highest BCUT2D eigenvalue weighted by Crippen LogP contribution is 2.21. The predicted octanol–water partition coefficient (Wildman–Crippen LogP) is 1.49. The van der Waals surface area contributed by atoms with E-state index >= 15 is 0 Å². The standard InChI is InChI=1S/C9H7Cl2N5/c10-5-1-2-6(7(11)3-5)8(4-12)15-16-9(13)14/h1-3H,(H4,13,14,16). The van der Waals surface area contributed by atoms with Crippen LogP contribution in [-0.4, -0.2) is 11.7 Å². The molecule has 0 spiro atoms. The fourth-order valence-corrected chi connectivity index (χ4v) is 1.42. The van der Waals surface area contributed by atoms with Crippen molar-refractivity contribution in [2.24, 2.45) is 21.7 Å². The smallest absolute Gasteiger partial charge is 0.211 e. The summed E-state index contributed by atoms with van der Waals surface area (Å²) in [6.07, 6.45) is 0. The Kier molecular flexibility index (Phi) is 4.11. The number of hydrogen-bond donors (Lipinski definition) is 2. The van der Waals surface area contributed by atoms with Gasteiger partial charge in [0.1, 0.15) is 6.07 Å². The molecule has 1 aromatic rings. The monoisotopic (exact) mass is 255 g/mol. The van der Waals surface area contributed by atoms with Crippen LogP contribution < -0.4 is 11.5 Å². The van der Waals surface area contributed by atoms with Gasteiger partial charge >= 0.3 is 0 Å². The number of nitrogens with zero attached hydrogens (tertiary/aromatic N) is 3. The summed E-state index contributed by atoms with van der Waals surface area (Å²) in [5.41, 5.74) is 10.6. The van der Waals surface area contributed by atoms with E-state index in [0.717, 1.165) is 0 Å². The van der Waals surface area contributed by atoms with Crippen LogP contribution in [0.25, 0.3) is 0 Å². The van der Waals surface area contributed by atoms with Crippen molar-refractivity contribution in [3.8, 4) is 6.07 Å². The molecule has 1 rings (SSSR count). The number of nitriles is 1. The van der Waals surface area contributed by atoms with E-state index < -0.39 is 0 Å². The number of rotatable bonds is 2. The molecule has 0 radical (unpaired) electrons. The molecule has 0 aromatic heterocycles. The first-order valence-electron chi connectivity index (χ1n) is 4.06. The van der Waals surface area contributed by atoms with Crippen LogP contribution in [0.3, 0.4) is 0 Å². The van der Waals surface area contributed by atoms with Crippen LogP contribution in [0.1, 0.15) is 5.56 Å². The molecule has 0 amide bonds. The minimum Gasteiger partial charge on any atom is -0.369 e. The Hall–Kier alpha value is -1.77. The molecule has 5 nitrogen and oxygen atoms in total. The van der Waals surface area contributed by atoms with Gasteiger partial charge in [-0.25, -0.2) is 0 Å². The van der Waals surface area contributed by atoms with Crippen LogP contribution in [0.2, 0.25) is 10.0 Å². The Labute approximate surface area is 102 Å². The van der Waals surface area contributed by atoms with Gasteiger partial charge in [0.25, 0.3) is 0 Å². The van der Waals surface area contributed by atoms with E-state index in [9.17, 15) is 0 Å². The van der Waals surface area contributed by atoms with E-state index in [1.54, 1.807) is 12.1 Å². The lowest BCUT2D eigenvalue weighted by Crippen LogP contribution is -2.22. The highest BCUT2D eigenvalue weighted by Gasteiger charge is 2.08. The SMILES string of the molecule is N#CC(=NN=C(N)N)c1ccc(Cl)cc1Cl. The van der Waals surface area contributed by atoms with E-state index in [0.29, 0.717) is 15.6 Å². The lowest BCUT2D eigenvalue weighted by molar-refractivity contribution is 1.20. The van der Waals surface area contributed by atoms with Crippen LogP contribution in [0.5, 0.6) is 0 Å². The Morgan fingerprint density at radius 3 is 2.44 bits per heavy atom.